The number of rotatable bonds is 31. The lowest BCUT2D eigenvalue weighted by atomic mass is 9.87. The average Bonchev–Trinajstić information content (AvgIpc) is 3.33. The van der Waals surface area contributed by atoms with E-state index in [1.165, 1.54) is 64.2 Å². The van der Waals surface area contributed by atoms with Gasteiger partial charge in [0.05, 0.1) is 24.9 Å². The van der Waals surface area contributed by atoms with E-state index in [-0.39, 0.29) is 44.0 Å². The monoisotopic (exact) mass is 683 g/mol. The molecule has 6 atom stereocenters. The maximum atomic E-state index is 12.7. The van der Waals surface area contributed by atoms with Crippen molar-refractivity contribution in [3.8, 4) is 0 Å². The summed E-state index contributed by atoms with van der Waals surface area (Å²) in [5, 5.41) is 40.6. The molecule has 0 aromatic heterocycles. The van der Waals surface area contributed by atoms with Crippen molar-refractivity contribution in [1.82, 2.24) is 0 Å². The van der Waals surface area contributed by atoms with Gasteiger partial charge in [-0.2, -0.15) is 0 Å². The second-order valence-electron chi connectivity index (χ2n) is 14.0. The zero-order valence-corrected chi connectivity index (χ0v) is 30.3. The van der Waals surface area contributed by atoms with Gasteiger partial charge in [0.15, 0.2) is 6.10 Å². The Labute approximate surface area is 291 Å². The first-order chi connectivity index (χ1) is 23.2. The minimum Gasteiger partial charge on any atom is -0.462 e. The second kappa shape index (κ2) is 29.0. The maximum absolute atomic E-state index is 12.7. The Hall–Kier alpha value is -1.81. The van der Waals surface area contributed by atoms with Gasteiger partial charge in [0.1, 0.15) is 12.4 Å². The Kier molecular flexibility index (Phi) is 26.7. The molecular formula is C39H70O9. The number of ketones is 1. The smallest absolute Gasteiger partial charge is 0.306 e. The quantitative estimate of drug-likeness (QED) is 0.0336. The molecule has 0 radical (unpaired) electrons. The predicted molar refractivity (Wildman–Crippen MR) is 189 cm³/mol. The number of esters is 2. The number of Topliss-reactive ketones (excluding diaryl/α,β-unsaturated/α-hetero) is 1. The van der Waals surface area contributed by atoms with E-state index in [1.54, 1.807) is 12.2 Å². The molecule has 0 saturated heterocycles. The summed E-state index contributed by atoms with van der Waals surface area (Å²) >= 11 is 0. The van der Waals surface area contributed by atoms with Gasteiger partial charge in [-0.15, -0.1) is 0 Å². The number of hydrogen-bond acceptors (Lipinski definition) is 9. The number of hydrogen-bond donors (Lipinski definition) is 4. The summed E-state index contributed by atoms with van der Waals surface area (Å²) in [6, 6.07) is 0. The Balaban J connectivity index is 2.16. The molecule has 9 heteroatoms. The van der Waals surface area contributed by atoms with Gasteiger partial charge in [0.25, 0.3) is 0 Å². The summed E-state index contributed by atoms with van der Waals surface area (Å²) < 4.78 is 10.5. The molecule has 0 spiro atoms. The molecule has 1 saturated carbocycles. The number of aliphatic hydroxyl groups is 4. The highest BCUT2D eigenvalue weighted by molar-refractivity contribution is 5.79. The van der Waals surface area contributed by atoms with Crippen LogP contribution < -0.4 is 0 Å². The molecule has 4 N–H and O–H groups in total. The third kappa shape index (κ3) is 22.0. The largest absolute Gasteiger partial charge is 0.462 e. The first-order valence-electron chi connectivity index (χ1n) is 19.4. The minimum atomic E-state index is -0.917. The highest BCUT2D eigenvalue weighted by Crippen LogP contribution is 2.36. The molecule has 0 amide bonds. The van der Waals surface area contributed by atoms with Crippen LogP contribution in [0.25, 0.3) is 0 Å². The highest BCUT2D eigenvalue weighted by atomic mass is 16.6. The number of aliphatic hydroxyl groups excluding tert-OH is 4. The Bertz CT molecular complexity index is 860. The fraction of sp³-hybridized carbons (Fsp3) is 0.872. The highest BCUT2D eigenvalue weighted by Gasteiger charge is 2.41. The molecule has 0 heterocycles. The molecule has 1 aliphatic carbocycles. The summed E-state index contributed by atoms with van der Waals surface area (Å²) in [5.74, 6) is -1.72. The molecule has 0 aromatic rings. The molecular weight excluding hydrogens is 612 g/mol. The third-order valence-electron chi connectivity index (χ3n) is 9.54. The summed E-state index contributed by atoms with van der Waals surface area (Å²) in [4.78, 5) is 37.0. The van der Waals surface area contributed by atoms with E-state index in [2.05, 4.69) is 13.8 Å². The van der Waals surface area contributed by atoms with E-state index in [1.807, 2.05) is 0 Å². The van der Waals surface area contributed by atoms with Crippen LogP contribution in [0.2, 0.25) is 0 Å². The fourth-order valence-corrected chi connectivity index (χ4v) is 6.49. The van der Waals surface area contributed by atoms with Gasteiger partial charge >= 0.3 is 11.9 Å². The molecule has 0 unspecified atom stereocenters. The Morgan fingerprint density at radius 3 is 1.83 bits per heavy atom. The van der Waals surface area contributed by atoms with Crippen LogP contribution in [0.5, 0.6) is 0 Å². The summed E-state index contributed by atoms with van der Waals surface area (Å²) in [7, 11) is 0. The van der Waals surface area contributed by atoms with Crippen molar-refractivity contribution in [2.24, 2.45) is 11.8 Å². The first kappa shape index (κ1) is 44.2. The van der Waals surface area contributed by atoms with Crippen LogP contribution in [0.1, 0.15) is 168 Å². The number of ether oxygens (including phenoxy) is 2. The lowest BCUT2D eigenvalue weighted by Gasteiger charge is -2.20. The van der Waals surface area contributed by atoms with Crippen molar-refractivity contribution in [3.05, 3.63) is 12.2 Å². The number of carbonyl (C=O) groups excluding carboxylic acids is 3. The Morgan fingerprint density at radius 2 is 1.23 bits per heavy atom. The van der Waals surface area contributed by atoms with Gasteiger partial charge in [-0.1, -0.05) is 122 Å². The molecule has 1 fully saturated rings. The van der Waals surface area contributed by atoms with Gasteiger partial charge in [-0.3, -0.25) is 14.4 Å². The van der Waals surface area contributed by atoms with Crippen LogP contribution in [-0.4, -0.2) is 75.8 Å². The van der Waals surface area contributed by atoms with Crippen molar-refractivity contribution in [2.45, 2.75) is 192 Å². The lowest BCUT2D eigenvalue weighted by molar-refractivity contribution is -0.161. The normalized spacial score (nSPS) is 20.6. The molecule has 0 aliphatic heterocycles. The average molecular weight is 683 g/mol. The van der Waals surface area contributed by atoms with Crippen LogP contribution in [0, 0.1) is 11.8 Å². The van der Waals surface area contributed by atoms with Gasteiger partial charge < -0.3 is 29.9 Å². The molecule has 48 heavy (non-hydrogen) atoms. The molecule has 280 valence electrons. The maximum Gasteiger partial charge on any atom is 0.306 e. The lowest BCUT2D eigenvalue weighted by Crippen LogP contribution is -2.28. The molecule has 9 nitrogen and oxygen atoms in total. The van der Waals surface area contributed by atoms with Crippen molar-refractivity contribution in [3.63, 3.8) is 0 Å². The van der Waals surface area contributed by atoms with Crippen molar-refractivity contribution >= 4 is 17.7 Å². The molecule has 1 rings (SSSR count). The van der Waals surface area contributed by atoms with Gasteiger partial charge in [-0.05, 0) is 25.7 Å². The van der Waals surface area contributed by atoms with E-state index in [4.69, 9.17) is 9.47 Å². The van der Waals surface area contributed by atoms with E-state index < -0.39 is 48.8 Å². The summed E-state index contributed by atoms with van der Waals surface area (Å²) in [6.07, 6.45) is 21.8. The van der Waals surface area contributed by atoms with Gasteiger partial charge in [0, 0.05) is 43.9 Å². The number of carbonyl (C=O) groups is 3. The molecule has 0 bridgehead atoms. The minimum absolute atomic E-state index is 0.0490. The zero-order chi connectivity index (χ0) is 35.4. The van der Waals surface area contributed by atoms with Gasteiger partial charge in [-0.25, -0.2) is 0 Å². The first-order valence-corrected chi connectivity index (χ1v) is 19.4. The summed E-state index contributed by atoms with van der Waals surface area (Å²) in [6.45, 7) is 3.71. The van der Waals surface area contributed by atoms with Crippen LogP contribution in [-0.2, 0) is 23.9 Å². The standard InChI is InChI=1S/C39H70O9/c1-3-5-7-8-9-10-11-12-13-14-15-16-18-23-38(45)47-30-33(29-40)48-39(46)24-20-19-22-32(42)27-35-34(36(43)28-37(35)44)26-25-31(41)21-17-6-4-2/h25-26,31,33-37,40-41,43-44H,3-24,27-30H2,1-2H3/b26-25+/t31-,33-,34+,35+,36+,37-/m0/s1. The zero-order valence-electron chi connectivity index (χ0n) is 30.3. The SMILES string of the molecule is CCCCCCCCCCCCCCCC(=O)OC[C@H](CO)OC(=O)CCCCC(=O)C[C@@H]1[C@@H](/C=C/[C@@H](O)CCCCC)[C@H](O)C[C@@H]1O. The van der Waals surface area contributed by atoms with Crippen LogP contribution in [0.3, 0.4) is 0 Å². The second-order valence-corrected chi connectivity index (χ2v) is 14.0. The van der Waals surface area contributed by atoms with Gasteiger partial charge in [0.2, 0.25) is 0 Å². The van der Waals surface area contributed by atoms with E-state index >= 15 is 0 Å². The fourth-order valence-electron chi connectivity index (χ4n) is 6.49. The van der Waals surface area contributed by atoms with Crippen LogP contribution in [0.15, 0.2) is 12.2 Å². The van der Waals surface area contributed by atoms with Crippen molar-refractivity contribution in [1.29, 1.82) is 0 Å². The molecule has 1 aliphatic rings. The van der Waals surface area contributed by atoms with Crippen molar-refractivity contribution < 1.29 is 44.3 Å². The summed E-state index contributed by atoms with van der Waals surface area (Å²) in [5.41, 5.74) is 0. The Morgan fingerprint density at radius 1 is 0.708 bits per heavy atom. The van der Waals surface area contributed by atoms with Crippen molar-refractivity contribution in [2.75, 3.05) is 13.2 Å². The predicted octanol–water partition coefficient (Wildman–Crippen LogP) is 7.29. The molecule has 0 aromatic carbocycles. The number of unbranched alkanes of at least 4 members (excludes halogenated alkanes) is 15. The third-order valence-corrected chi connectivity index (χ3v) is 9.54. The van der Waals surface area contributed by atoms with E-state index in [0.29, 0.717) is 25.7 Å². The topological polar surface area (TPSA) is 151 Å². The van der Waals surface area contributed by atoms with E-state index in [0.717, 1.165) is 38.5 Å². The van der Waals surface area contributed by atoms with Crippen LogP contribution in [0.4, 0.5) is 0 Å². The van der Waals surface area contributed by atoms with E-state index in [9.17, 15) is 34.8 Å². The van der Waals surface area contributed by atoms with Crippen LogP contribution >= 0.6 is 0 Å².